The van der Waals surface area contributed by atoms with Gasteiger partial charge >= 0.3 is 0 Å². The van der Waals surface area contributed by atoms with Gasteiger partial charge in [-0.2, -0.15) is 0 Å². The van der Waals surface area contributed by atoms with Crippen molar-refractivity contribution in [1.82, 2.24) is 0 Å². The average Bonchev–Trinajstić information content (AvgIpc) is 3.07. The summed E-state index contributed by atoms with van der Waals surface area (Å²) in [5.74, 6) is 1.88. The zero-order chi connectivity index (χ0) is 11.3. The fourth-order valence-corrected chi connectivity index (χ4v) is 3.90. The zero-order valence-corrected chi connectivity index (χ0v) is 10.4. The molecular weight excluding hydrogens is 204 g/mol. The minimum atomic E-state index is 0.619. The van der Waals surface area contributed by atoms with E-state index in [9.17, 15) is 0 Å². The van der Waals surface area contributed by atoms with Crippen molar-refractivity contribution in [3.63, 3.8) is 0 Å². The first kappa shape index (κ1) is 9.94. The molecule has 17 heavy (non-hydrogen) atoms. The van der Waals surface area contributed by atoms with Gasteiger partial charge in [-0.15, -0.1) is 0 Å². The average molecular weight is 224 g/mol. The monoisotopic (exact) mass is 224 g/mol. The van der Waals surface area contributed by atoms with Crippen molar-refractivity contribution < 1.29 is 0 Å². The number of benzene rings is 1. The van der Waals surface area contributed by atoms with Gasteiger partial charge in [-0.05, 0) is 66.9 Å². The molecule has 0 N–H and O–H groups in total. The Labute approximate surface area is 104 Å². The summed E-state index contributed by atoms with van der Waals surface area (Å²) in [6.45, 7) is 0. The predicted molar refractivity (Wildman–Crippen MR) is 70.9 cm³/mol. The van der Waals surface area contributed by atoms with Crippen LogP contribution in [-0.4, -0.2) is 0 Å². The molecule has 6 aliphatic rings. The van der Waals surface area contributed by atoms with Crippen LogP contribution in [0.5, 0.6) is 0 Å². The first-order valence-corrected chi connectivity index (χ1v) is 7.11. The van der Waals surface area contributed by atoms with E-state index in [2.05, 4.69) is 36.4 Å². The lowest BCUT2D eigenvalue weighted by Gasteiger charge is -2.23. The molecule has 1 aromatic rings. The Balaban J connectivity index is 1.68. The van der Waals surface area contributed by atoms with Crippen molar-refractivity contribution in [1.29, 1.82) is 0 Å². The van der Waals surface area contributed by atoms with Crippen LogP contribution < -0.4 is 0 Å². The maximum Gasteiger partial charge on any atom is -0.00832 e. The van der Waals surface area contributed by atoms with Gasteiger partial charge in [-0.3, -0.25) is 0 Å². The Bertz CT molecular complexity index is 453. The van der Waals surface area contributed by atoms with Crippen LogP contribution in [-0.2, 0) is 12.8 Å². The number of rotatable bonds is 0. The molecule has 6 aliphatic carbocycles. The summed E-state index contributed by atoms with van der Waals surface area (Å²) in [7, 11) is 0. The highest BCUT2D eigenvalue weighted by Crippen LogP contribution is 2.62. The van der Waals surface area contributed by atoms with Crippen LogP contribution in [0.3, 0.4) is 0 Å². The van der Waals surface area contributed by atoms with E-state index in [-0.39, 0.29) is 0 Å². The zero-order valence-electron chi connectivity index (χ0n) is 10.4. The highest BCUT2D eigenvalue weighted by Gasteiger charge is 2.53. The van der Waals surface area contributed by atoms with E-state index >= 15 is 0 Å². The number of hydrogen-bond donors (Lipinski definition) is 0. The van der Waals surface area contributed by atoms with Crippen LogP contribution in [0, 0.1) is 17.3 Å². The molecule has 1 spiro atoms. The first-order chi connectivity index (χ1) is 8.34. The Morgan fingerprint density at radius 2 is 1.76 bits per heavy atom. The Hall–Kier alpha value is -1.04. The standard InChI is InChI=1S/C17H20/c1-3-14-4-2-13(1)5-6-15-8-10-17(9-7-14)12-16(17)11-15/h1-4,8,10,15-16H,5-7,9,11-12H2. The van der Waals surface area contributed by atoms with Crippen LogP contribution in [0.15, 0.2) is 36.4 Å². The van der Waals surface area contributed by atoms with Gasteiger partial charge in [0.05, 0.1) is 0 Å². The third kappa shape index (κ3) is 1.66. The van der Waals surface area contributed by atoms with Crippen molar-refractivity contribution in [2.45, 2.75) is 38.5 Å². The third-order valence-electron chi connectivity index (χ3n) is 5.27. The van der Waals surface area contributed by atoms with Gasteiger partial charge in [-0.1, -0.05) is 36.4 Å². The van der Waals surface area contributed by atoms with Crippen LogP contribution >= 0.6 is 0 Å². The van der Waals surface area contributed by atoms with Crippen LogP contribution in [0.1, 0.15) is 36.8 Å². The minimum absolute atomic E-state index is 0.619. The highest BCUT2D eigenvalue weighted by atomic mass is 14.6. The summed E-state index contributed by atoms with van der Waals surface area (Å²) < 4.78 is 0. The molecule has 0 aromatic heterocycles. The van der Waals surface area contributed by atoms with Gasteiger partial charge in [0.15, 0.2) is 0 Å². The highest BCUT2D eigenvalue weighted by molar-refractivity contribution is 5.26. The summed E-state index contributed by atoms with van der Waals surface area (Å²) in [5.41, 5.74) is 3.68. The van der Waals surface area contributed by atoms with E-state index in [1.807, 2.05) is 0 Å². The third-order valence-corrected chi connectivity index (χ3v) is 5.27. The van der Waals surface area contributed by atoms with Gasteiger partial charge in [0, 0.05) is 0 Å². The molecule has 7 rings (SSSR count). The second kappa shape index (κ2) is 3.48. The molecule has 1 saturated carbocycles. The van der Waals surface area contributed by atoms with E-state index in [4.69, 9.17) is 0 Å². The minimum Gasteiger partial charge on any atom is -0.0848 e. The van der Waals surface area contributed by atoms with Crippen molar-refractivity contribution >= 4 is 0 Å². The lowest BCUT2D eigenvalue weighted by atomic mass is 9.82. The smallest absolute Gasteiger partial charge is 0.00832 e. The molecule has 0 nitrogen and oxygen atoms in total. The largest absolute Gasteiger partial charge is 0.0848 e. The van der Waals surface area contributed by atoms with Gasteiger partial charge in [0.2, 0.25) is 0 Å². The summed E-state index contributed by atoms with van der Waals surface area (Å²) in [5, 5.41) is 0. The van der Waals surface area contributed by atoms with Crippen LogP contribution in [0.4, 0.5) is 0 Å². The Morgan fingerprint density at radius 1 is 1.00 bits per heavy atom. The van der Waals surface area contributed by atoms with Gasteiger partial charge < -0.3 is 0 Å². The number of hydrogen-bond acceptors (Lipinski definition) is 0. The van der Waals surface area contributed by atoms with Gasteiger partial charge in [0.25, 0.3) is 0 Å². The van der Waals surface area contributed by atoms with E-state index in [0.29, 0.717) is 5.41 Å². The first-order valence-electron chi connectivity index (χ1n) is 7.11. The lowest BCUT2D eigenvalue weighted by molar-refractivity contribution is 0.407. The molecule has 4 bridgehead atoms. The molecular formula is C17H20. The van der Waals surface area contributed by atoms with Crippen molar-refractivity contribution in [3.05, 3.63) is 47.5 Å². The molecule has 88 valence electrons. The molecule has 3 unspecified atom stereocenters. The topological polar surface area (TPSA) is 0 Å². The van der Waals surface area contributed by atoms with Crippen molar-refractivity contribution in [2.75, 3.05) is 0 Å². The van der Waals surface area contributed by atoms with Crippen molar-refractivity contribution in [2.24, 2.45) is 17.3 Å². The molecule has 1 fully saturated rings. The lowest BCUT2D eigenvalue weighted by Crippen LogP contribution is -2.13. The maximum atomic E-state index is 2.58. The molecule has 0 saturated heterocycles. The quantitative estimate of drug-likeness (QED) is 0.581. The Kier molecular flexibility index (Phi) is 2.03. The maximum absolute atomic E-state index is 2.58. The number of aryl methyl sites for hydroxylation is 2. The van der Waals surface area contributed by atoms with E-state index in [0.717, 1.165) is 11.8 Å². The van der Waals surface area contributed by atoms with Crippen LogP contribution in [0.2, 0.25) is 0 Å². The fraction of sp³-hybridized carbons (Fsp3) is 0.529. The summed E-state index contributed by atoms with van der Waals surface area (Å²) in [6, 6.07) is 9.39. The SMILES string of the molecule is C1=CC23CCc4ccc(cc4)CCC1CC2C3. The van der Waals surface area contributed by atoms with E-state index in [1.54, 1.807) is 0 Å². The normalized spacial score (nSPS) is 38.4. The predicted octanol–water partition coefficient (Wildman–Crippen LogP) is 4.15. The summed E-state index contributed by atoms with van der Waals surface area (Å²) >= 11 is 0. The molecule has 0 heterocycles. The molecule has 0 amide bonds. The number of allylic oxidation sites excluding steroid dienone is 2. The second-order valence-electron chi connectivity index (χ2n) is 6.34. The fourth-order valence-electron chi connectivity index (χ4n) is 3.90. The van der Waals surface area contributed by atoms with E-state index < -0.39 is 0 Å². The summed E-state index contributed by atoms with van der Waals surface area (Å²) in [6.07, 6.45) is 13.3. The molecule has 0 radical (unpaired) electrons. The van der Waals surface area contributed by atoms with Crippen LogP contribution in [0.25, 0.3) is 0 Å². The summed E-state index contributed by atoms with van der Waals surface area (Å²) in [4.78, 5) is 0. The van der Waals surface area contributed by atoms with Gasteiger partial charge in [-0.25, -0.2) is 0 Å². The molecule has 1 aromatic carbocycles. The second-order valence-corrected chi connectivity index (χ2v) is 6.34. The molecule has 0 heteroatoms. The van der Waals surface area contributed by atoms with Gasteiger partial charge in [0.1, 0.15) is 0 Å². The van der Waals surface area contributed by atoms with E-state index in [1.165, 1.54) is 49.7 Å². The Morgan fingerprint density at radius 3 is 2.53 bits per heavy atom. The molecule has 0 aliphatic heterocycles. The molecule has 3 atom stereocenters. The van der Waals surface area contributed by atoms with Crippen molar-refractivity contribution in [3.8, 4) is 0 Å².